The molecular formula is C14H10FNO4. The summed E-state index contributed by atoms with van der Waals surface area (Å²) in [6.07, 6.45) is 0. The summed E-state index contributed by atoms with van der Waals surface area (Å²) in [6.45, 7) is 1.56. The monoisotopic (exact) mass is 275 g/mol. The van der Waals surface area contributed by atoms with Crippen molar-refractivity contribution in [3.63, 3.8) is 0 Å². The molecule has 20 heavy (non-hydrogen) atoms. The lowest BCUT2D eigenvalue weighted by Gasteiger charge is -2.07. The van der Waals surface area contributed by atoms with E-state index < -0.39 is 28.0 Å². The summed E-state index contributed by atoms with van der Waals surface area (Å²) in [5, 5.41) is 19.8. The maximum atomic E-state index is 13.5. The summed E-state index contributed by atoms with van der Waals surface area (Å²) >= 11 is 0. The van der Waals surface area contributed by atoms with Gasteiger partial charge in [0, 0.05) is 6.07 Å². The minimum atomic E-state index is -1.38. The van der Waals surface area contributed by atoms with Crippen LogP contribution in [0.4, 0.5) is 10.1 Å². The van der Waals surface area contributed by atoms with Gasteiger partial charge in [-0.15, -0.1) is 0 Å². The normalized spacial score (nSPS) is 10.3. The van der Waals surface area contributed by atoms with Gasteiger partial charge in [-0.1, -0.05) is 18.2 Å². The van der Waals surface area contributed by atoms with Gasteiger partial charge in [-0.05, 0) is 35.7 Å². The molecule has 0 aliphatic heterocycles. The van der Waals surface area contributed by atoms with E-state index in [4.69, 9.17) is 5.11 Å². The van der Waals surface area contributed by atoms with E-state index in [1.54, 1.807) is 13.0 Å². The maximum Gasteiger partial charge on any atom is 0.342 e. The molecule has 2 aromatic rings. The van der Waals surface area contributed by atoms with Crippen molar-refractivity contribution < 1.29 is 19.2 Å². The second-order valence-electron chi connectivity index (χ2n) is 4.21. The molecule has 0 amide bonds. The molecular weight excluding hydrogens is 265 g/mol. The topological polar surface area (TPSA) is 80.4 Å². The number of rotatable bonds is 3. The number of carbonyl (C=O) groups is 1. The molecule has 1 N–H and O–H groups in total. The average molecular weight is 275 g/mol. The van der Waals surface area contributed by atoms with Crippen molar-refractivity contribution in [3.05, 3.63) is 63.5 Å². The van der Waals surface area contributed by atoms with Gasteiger partial charge in [-0.25, -0.2) is 9.18 Å². The van der Waals surface area contributed by atoms with Gasteiger partial charge in [0.15, 0.2) is 0 Å². The number of carboxylic acids is 1. The largest absolute Gasteiger partial charge is 0.477 e. The van der Waals surface area contributed by atoms with Crippen LogP contribution in [0.25, 0.3) is 11.1 Å². The van der Waals surface area contributed by atoms with Crippen LogP contribution in [0.5, 0.6) is 0 Å². The van der Waals surface area contributed by atoms with Crippen molar-refractivity contribution in [1.82, 2.24) is 0 Å². The van der Waals surface area contributed by atoms with Gasteiger partial charge < -0.3 is 5.11 Å². The third-order valence-electron chi connectivity index (χ3n) is 3.00. The number of carboxylic acid groups (broad SMARTS) is 1. The van der Waals surface area contributed by atoms with Gasteiger partial charge in [-0.2, -0.15) is 0 Å². The summed E-state index contributed by atoms with van der Waals surface area (Å²) in [6, 6.07) is 8.13. The molecule has 0 radical (unpaired) electrons. The Bertz CT molecular complexity index is 712. The Labute approximate surface area is 113 Å². The number of nitrogens with zero attached hydrogens (tertiary/aromatic N) is 1. The van der Waals surface area contributed by atoms with E-state index in [1.165, 1.54) is 18.2 Å². The summed E-state index contributed by atoms with van der Waals surface area (Å²) in [5.74, 6) is -1.80. The van der Waals surface area contributed by atoms with Crippen molar-refractivity contribution >= 4 is 11.7 Å². The van der Waals surface area contributed by atoms with Crippen LogP contribution < -0.4 is 0 Å². The van der Waals surface area contributed by atoms with Crippen LogP contribution >= 0.6 is 0 Å². The molecule has 0 aliphatic carbocycles. The van der Waals surface area contributed by atoms with Crippen LogP contribution in [-0.4, -0.2) is 16.0 Å². The number of nitro benzene ring substituents is 1. The lowest BCUT2D eigenvalue weighted by atomic mass is 9.98. The molecule has 0 saturated carbocycles. The highest BCUT2D eigenvalue weighted by Crippen LogP contribution is 2.30. The van der Waals surface area contributed by atoms with E-state index in [0.29, 0.717) is 16.7 Å². The van der Waals surface area contributed by atoms with Gasteiger partial charge in [-0.3, -0.25) is 10.1 Å². The van der Waals surface area contributed by atoms with Crippen molar-refractivity contribution in [3.8, 4) is 11.1 Å². The molecule has 2 rings (SSSR count). The first-order valence-electron chi connectivity index (χ1n) is 5.69. The van der Waals surface area contributed by atoms with E-state index in [-0.39, 0.29) is 0 Å². The fourth-order valence-electron chi connectivity index (χ4n) is 1.95. The van der Waals surface area contributed by atoms with Gasteiger partial charge in [0.05, 0.1) is 4.92 Å². The van der Waals surface area contributed by atoms with E-state index in [9.17, 15) is 19.3 Å². The fraction of sp³-hybridized carbons (Fsp3) is 0.0714. The lowest BCUT2D eigenvalue weighted by Crippen LogP contribution is -2.03. The highest BCUT2D eigenvalue weighted by atomic mass is 19.1. The molecule has 0 bridgehead atoms. The van der Waals surface area contributed by atoms with Crippen LogP contribution in [0.3, 0.4) is 0 Å². The van der Waals surface area contributed by atoms with E-state index in [1.807, 2.05) is 0 Å². The molecule has 2 aromatic carbocycles. The van der Waals surface area contributed by atoms with Crippen LogP contribution in [0.1, 0.15) is 15.9 Å². The Morgan fingerprint density at radius 1 is 1.30 bits per heavy atom. The number of hydrogen-bond donors (Lipinski definition) is 1. The molecule has 0 aromatic heterocycles. The molecule has 0 atom stereocenters. The minimum Gasteiger partial charge on any atom is -0.477 e. The Hall–Kier alpha value is -2.76. The van der Waals surface area contributed by atoms with Gasteiger partial charge in [0.25, 0.3) is 5.69 Å². The highest BCUT2D eigenvalue weighted by molar-refractivity contribution is 5.93. The quantitative estimate of drug-likeness (QED) is 0.687. The zero-order chi connectivity index (χ0) is 14.9. The van der Waals surface area contributed by atoms with Gasteiger partial charge in [0.2, 0.25) is 0 Å². The molecule has 0 saturated heterocycles. The van der Waals surface area contributed by atoms with Crippen LogP contribution in [-0.2, 0) is 0 Å². The van der Waals surface area contributed by atoms with Gasteiger partial charge in [0.1, 0.15) is 11.4 Å². The first-order chi connectivity index (χ1) is 9.41. The average Bonchev–Trinajstić information content (AvgIpc) is 2.41. The maximum absolute atomic E-state index is 13.5. The summed E-state index contributed by atoms with van der Waals surface area (Å²) in [4.78, 5) is 21.1. The Morgan fingerprint density at radius 3 is 2.60 bits per heavy atom. The van der Waals surface area contributed by atoms with E-state index in [2.05, 4.69) is 0 Å². The molecule has 0 unspecified atom stereocenters. The van der Waals surface area contributed by atoms with Crippen LogP contribution in [0, 0.1) is 22.9 Å². The number of halogens is 1. The number of nitro groups is 1. The Kier molecular flexibility index (Phi) is 3.47. The zero-order valence-corrected chi connectivity index (χ0v) is 10.5. The number of aromatic carboxylic acids is 1. The first kappa shape index (κ1) is 13.7. The molecule has 0 fully saturated rings. The number of benzene rings is 2. The van der Waals surface area contributed by atoms with Crippen molar-refractivity contribution in [2.75, 3.05) is 0 Å². The standard InChI is InChI=1S/C14H10FNO4/c1-8-10(3-2-4-12(8)15)9-5-6-11(14(17)18)13(7-9)16(19)20/h2-7H,1H3,(H,17,18). The smallest absolute Gasteiger partial charge is 0.342 e. The summed E-state index contributed by atoms with van der Waals surface area (Å²) < 4.78 is 13.5. The molecule has 0 heterocycles. The predicted molar refractivity (Wildman–Crippen MR) is 70.2 cm³/mol. The van der Waals surface area contributed by atoms with Crippen molar-refractivity contribution in [2.24, 2.45) is 0 Å². The third-order valence-corrected chi connectivity index (χ3v) is 3.00. The summed E-state index contributed by atoms with van der Waals surface area (Å²) in [5.41, 5.74) is 0.333. The van der Waals surface area contributed by atoms with Crippen LogP contribution in [0.15, 0.2) is 36.4 Å². The zero-order valence-electron chi connectivity index (χ0n) is 10.5. The minimum absolute atomic E-state index is 0.352. The summed E-state index contributed by atoms with van der Waals surface area (Å²) in [7, 11) is 0. The Morgan fingerprint density at radius 2 is 2.00 bits per heavy atom. The lowest BCUT2D eigenvalue weighted by molar-refractivity contribution is -0.385. The number of hydrogen-bond acceptors (Lipinski definition) is 3. The second kappa shape index (κ2) is 5.08. The van der Waals surface area contributed by atoms with E-state index >= 15 is 0 Å². The molecule has 0 spiro atoms. The fourth-order valence-corrected chi connectivity index (χ4v) is 1.95. The van der Waals surface area contributed by atoms with Crippen LogP contribution in [0.2, 0.25) is 0 Å². The Balaban J connectivity index is 2.65. The third kappa shape index (κ3) is 2.35. The molecule has 0 aliphatic rings. The van der Waals surface area contributed by atoms with Crippen molar-refractivity contribution in [2.45, 2.75) is 6.92 Å². The van der Waals surface area contributed by atoms with Gasteiger partial charge >= 0.3 is 5.97 Å². The highest BCUT2D eigenvalue weighted by Gasteiger charge is 2.21. The molecule has 5 nitrogen and oxygen atoms in total. The predicted octanol–water partition coefficient (Wildman–Crippen LogP) is 3.41. The second-order valence-corrected chi connectivity index (χ2v) is 4.21. The molecule has 102 valence electrons. The van der Waals surface area contributed by atoms with E-state index in [0.717, 1.165) is 12.1 Å². The molecule has 6 heteroatoms. The SMILES string of the molecule is Cc1c(F)cccc1-c1ccc(C(=O)O)c([N+](=O)[O-])c1. The van der Waals surface area contributed by atoms with Crippen molar-refractivity contribution in [1.29, 1.82) is 0 Å². The first-order valence-corrected chi connectivity index (χ1v) is 5.69.